The average molecular weight is 273 g/mol. The smallest absolute Gasteiger partial charge is 0.236 e. The number of rotatable bonds is 3. The van der Waals surface area contributed by atoms with Gasteiger partial charge in [0.25, 0.3) is 0 Å². The summed E-state index contributed by atoms with van der Waals surface area (Å²) in [5, 5.41) is 0.279. The lowest BCUT2D eigenvalue weighted by Crippen LogP contribution is -2.53. The van der Waals surface area contributed by atoms with Gasteiger partial charge in [-0.15, -0.1) is 0 Å². The molecule has 0 aliphatic carbocycles. The Bertz CT molecular complexity index is 274. The Labute approximate surface area is 114 Å². The molecule has 1 amide bonds. The number of amides is 1. The first kappa shape index (κ1) is 14.1. The van der Waals surface area contributed by atoms with Gasteiger partial charge in [-0.05, 0) is 6.92 Å². The van der Waals surface area contributed by atoms with E-state index in [1.165, 1.54) is 0 Å². The van der Waals surface area contributed by atoms with Crippen LogP contribution in [0.3, 0.4) is 0 Å². The van der Waals surface area contributed by atoms with Gasteiger partial charge in [0.1, 0.15) is 0 Å². The van der Waals surface area contributed by atoms with Crippen LogP contribution in [-0.2, 0) is 9.53 Å². The van der Waals surface area contributed by atoms with E-state index in [1.807, 2.05) is 4.90 Å². The molecule has 0 saturated carbocycles. The van der Waals surface area contributed by atoms with Crippen LogP contribution in [0.2, 0.25) is 0 Å². The van der Waals surface area contributed by atoms with Gasteiger partial charge in [0, 0.05) is 39.3 Å². The first-order valence-corrected chi connectivity index (χ1v) is 7.18. The minimum absolute atomic E-state index is 0.253. The zero-order valence-corrected chi connectivity index (χ0v) is 11.9. The second-order valence-corrected chi connectivity index (χ2v) is 5.68. The Kier molecular flexibility index (Phi) is 5.29. The number of ether oxygens (including phenoxy) is 1. The fraction of sp³-hybridized carbons (Fsp3) is 0.917. The van der Waals surface area contributed by atoms with Crippen molar-refractivity contribution in [1.29, 1.82) is 0 Å². The maximum absolute atomic E-state index is 12.1. The van der Waals surface area contributed by atoms with Gasteiger partial charge in [-0.3, -0.25) is 14.6 Å². The van der Waals surface area contributed by atoms with Crippen LogP contribution in [-0.4, -0.2) is 85.0 Å². The van der Waals surface area contributed by atoms with Crippen molar-refractivity contribution in [2.45, 2.75) is 12.3 Å². The van der Waals surface area contributed by atoms with Crippen LogP contribution in [0.4, 0.5) is 0 Å². The van der Waals surface area contributed by atoms with Crippen molar-refractivity contribution < 1.29 is 9.53 Å². The van der Waals surface area contributed by atoms with Crippen molar-refractivity contribution in [3.8, 4) is 0 Å². The van der Waals surface area contributed by atoms with E-state index >= 15 is 0 Å². The number of hydrogen-bond acceptors (Lipinski definition) is 5. The second kappa shape index (κ2) is 6.75. The second-order valence-electron chi connectivity index (χ2n) is 4.94. The van der Waals surface area contributed by atoms with Crippen molar-refractivity contribution in [1.82, 2.24) is 14.7 Å². The summed E-state index contributed by atoms with van der Waals surface area (Å²) in [6.45, 7) is 9.38. The molecule has 2 fully saturated rings. The molecule has 0 aromatic rings. The lowest BCUT2D eigenvalue weighted by atomic mass is 10.3. The summed E-state index contributed by atoms with van der Waals surface area (Å²) in [6.07, 6.45) is 0. The summed E-state index contributed by atoms with van der Waals surface area (Å²) in [7, 11) is 0. The molecule has 2 saturated heterocycles. The molecule has 0 spiro atoms. The van der Waals surface area contributed by atoms with Crippen LogP contribution < -0.4 is 0 Å². The fourth-order valence-corrected chi connectivity index (χ4v) is 2.63. The summed E-state index contributed by atoms with van der Waals surface area (Å²) >= 11 is 4.43. The van der Waals surface area contributed by atoms with Gasteiger partial charge in [0.15, 0.2) is 0 Å². The van der Waals surface area contributed by atoms with Gasteiger partial charge < -0.3 is 9.64 Å². The van der Waals surface area contributed by atoms with Crippen LogP contribution in [0.25, 0.3) is 0 Å². The van der Waals surface area contributed by atoms with Crippen molar-refractivity contribution in [2.24, 2.45) is 0 Å². The Morgan fingerprint density at radius 2 is 1.78 bits per heavy atom. The molecule has 0 radical (unpaired) electrons. The number of morpholine rings is 1. The SMILES string of the molecule is CC(S)N1CCN(C(=O)CN2CCOCC2)CC1. The van der Waals surface area contributed by atoms with Gasteiger partial charge in [-0.1, -0.05) is 0 Å². The van der Waals surface area contributed by atoms with Crippen LogP contribution in [0.5, 0.6) is 0 Å². The molecule has 1 unspecified atom stereocenters. The van der Waals surface area contributed by atoms with E-state index in [4.69, 9.17) is 4.74 Å². The molecule has 6 heteroatoms. The molecule has 0 N–H and O–H groups in total. The molecule has 2 heterocycles. The van der Waals surface area contributed by atoms with Crippen LogP contribution >= 0.6 is 12.6 Å². The maximum atomic E-state index is 12.1. The molecular formula is C12H23N3O2S. The number of thiol groups is 1. The lowest BCUT2D eigenvalue weighted by molar-refractivity contribution is -0.135. The van der Waals surface area contributed by atoms with E-state index in [2.05, 4.69) is 29.4 Å². The van der Waals surface area contributed by atoms with E-state index in [0.29, 0.717) is 6.54 Å². The molecule has 0 aromatic carbocycles. The van der Waals surface area contributed by atoms with Gasteiger partial charge >= 0.3 is 0 Å². The third-order valence-corrected chi connectivity index (χ3v) is 3.98. The zero-order chi connectivity index (χ0) is 13.0. The van der Waals surface area contributed by atoms with E-state index in [9.17, 15) is 4.79 Å². The molecule has 0 bridgehead atoms. The third-order valence-electron chi connectivity index (χ3n) is 3.66. The monoisotopic (exact) mass is 273 g/mol. The highest BCUT2D eigenvalue weighted by Crippen LogP contribution is 2.09. The third kappa shape index (κ3) is 3.85. The number of carbonyl (C=O) groups excluding carboxylic acids is 1. The van der Waals surface area contributed by atoms with E-state index in [-0.39, 0.29) is 11.3 Å². The number of piperazine rings is 1. The lowest BCUT2D eigenvalue weighted by Gasteiger charge is -2.37. The summed E-state index contributed by atoms with van der Waals surface area (Å²) in [5.41, 5.74) is 0. The Morgan fingerprint density at radius 1 is 1.17 bits per heavy atom. The van der Waals surface area contributed by atoms with Gasteiger partial charge in [0.05, 0.1) is 25.1 Å². The number of carbonyl (C=O) groups is 1. The van der Waals surface area contributed by atoms with Crippen molar-refractivity contribution >= 4 is 18.5 Å². The molecule has 2 aliphatic rings. The Hall–Kier alpha value is -0.300. The topological polar surface area (TPSA) is 36.0 Å². The van der Waals surface area contributed by atoms with Crippen molar-refractivity contribution in [3.63, 3.8) is 0 Å². The average Bonchev–Trinajstić information content (AvgIpc) is 2.40. The standard InChI is InChI=1S/C12H23N3O2S/c1-11(18)14-2-4-15(5-3-14)12(16)10-13-6-8-17-9-7-13/h11,18H,2-10H2,1H3. The Balaban J connectivity index is 1.73. The van der Waals surface area contributed by atoms with Gasteiger partial charge in [-0.2, -0.15) is 12.6 Å². The van der Waals surface area contributed by atoms with E-state index < -0.39 is 0 Å². The number of nitrogens with zero attached hydrogens (tertiary/aromatic N) is 3. The van der Waals surface area contributed by atoms with E-state index in [1.54, 1.807) is 0 Å². The largest absolute Gasteiger partial charge is 0.379 e. The molecule has 5 nitrogen and oxygen atoms in total. The predicted molar refractivity (Wildman–Crippen MR) is 73.9 cm³/mol. The molecular weight excluding hydrogens is 250 g/mol. The molecule has 2 aliphatic heterocycles. The van der Waals surface area contributed by atoms with Gasteiger partial charge in [-0.25, -0.2) is 0 Å². The highest BCUT2D eigenvalue weighted by molar-refractivity contribution is 7.80. The molecule has 0 aromatic heterocycles. The minimum Gasteiger partial charge on any atom is -0.379 e. The van der Waals surface area contributed by atoms with Crippen LogP contribution in [0.15, 0.2) is 0 Å². The summed E-state index contributed by atoms with van der Waals surface area (Å²) < 4.78 is 5.29. The quantitative estimate of drug-likeness (QED) is 0.719. The Morgan fingerprint density at radius 3 is 2.33 bits per heavy atom. The summed E-state index contributed by atoms with van der Waals surface area (Å²) in [6, 6.07) is 0. The first-order chi connectivity index (χ1) is 8.66. The maximum Gasteiger partial charge on any atom is 0.236 e. The highest BCUT2D eigenvalue weighted by atomic mass is 32.1. The predicted octanol–water partition coefficient (Wildman–Crippen LogP) is -0.261. The molecule has 104 valence electrons. The van der Waals surface area contributed by atoms with Gasteiger partial charge in [0.2, 0.25) is 5.91 Å². The summed E-state index contributed by atoms with van der Waals surface area (Å²) in [5.74, 6) is 0.253. The molecule has 2 rings (SSSR count). The van der Waals surface area contributed by atoms with E-state index in [0.717, 1.165) is 52.5 Å². The molecule has 18 heavy (non-hydrogen) atoms. The zero-order valence-electron chi connectivity index (χ0n) is 11.0. The normalized spacial score (nSPS) is 25.1. The van der Waals surface area contributed by atoms with Crippen molar-refractivity contribution in [3.05, 3.63) is 0 Å². The minimum atomic E-state index is 0.253. The van der Waals surface area contributed by atoms with Crippen molar-refractivity contribution in [2.75, 3.05) is 59.0 Å². The first-order valence-electron chi connectivity index (χ1n) is 6.67. The fourth-order valence-electron chi connectivity index (χ4n) is 2.40. The van der Waals surface area contributed by atoms with Crippen LogP contribution in [0, 0.1) is 0 Å². The number of hydrogen-bond donors (Lipinski definition) is 1. The molecule has 1 atom stereocenters. The highest BCUT2D eigenvalue weighted by Gasteiger charge is 2.24. The van der Waals surface area contributed by atoms with Crippen LogP contribution in [0.1, 0.15) is 6.92 Å². The summed E-state index contributed by atoms with van der Waals surface area (Å²) in [4.78, 5) is 18.6.